The first-order valence-electron chi connectivity index (χ1n) is 46.7. The molecule has 12 aliphatic rings. The highest BCUT2D eigenvalue weighted by atomic mass is 16.5. The number of aromatic nitrogens is 2. The largest absolute Gasteiger partial charge is 0.506 e. The van der Waals surface area contributed by atoms with Crippen LogP contribution in [0.25, 0.3) is 22.2 Å². The van der Waals surface area contributed by atoms with Crippen molar-refractivity contribution < 1.29 is 78.0 Å². The smallest absolute Gasteiger partial charge is 0.340 e. The van der Waals surface area contributed by atoms with Gasteiger partial charge in [0.25, 0.3) is 0 Å². The fourth-order valence-electron chi connectivity index (χ4n) is 31.8. The molecule has 0 radical (unpaired) electrons. The number of rotatable bonds is 15. The molecule has 19 heteroatoms. The Morgan fingerprint density at radius 2 is 0.775 bits per heavy atom. The number of ether oxygens (including phenoxy) is 3. The van der Waals surface area contributed by atoms with Gasteiger partial charge in [-0.3, -0.25) is 4.79 Å². The third-order valence-corrected chi connectivity index (χ3v) is 37.5. The Morgan fingerprint density at radius 3 is 1.14 bits per heavy atom. The lowest BCUT2D eigenvalue weighted by Gasteiger charge is -2.65. The van der Waals surface area contributed by atoms with E-state index in [1.54, 1.807) is 12.1 Å². The molecule has 3 aromatic carbocycles. The lowest BCUT2D eigenvalue weighted by molar-refractivity contribution is -0.203. The number of esters is 3. The quantitative estimate of drug-likeness (QED) is 0.0209. The van der Waals surface area contributed by atoms with Gasteiger partial charge >= 0.3 is 23.9 Å². The van der Waals surface area contributed by atoms with Gasteiger partial charge < -0.3 is 64.5 Å². The number of para-hydroxylation sites is 3. The van der Waals surface area contributed by atoms with Crippen molar-refractivity contribution in [1.82, 2.24) is 9.97 Å². The van der Waals surface area contributed by atoms with Crippen LogP contribution in [0.5, 0.6) is 5.75 Å². The van der Waals surface area contributed by atoms with E-state index in [0.29, 0.717) is 163 Å². The van der Waals surface area contributed by atoms with Crippen molar-refractivity contribution in [2.24, 2.45) is 163 Å². The van der Waals surface area contributed by atoms with Gasteiger partial charge in [0.1, 0.15) is 16.8 Å². The minimum Gasteiger partial charge on any atom is -0.506 e. The van der Waals surface area contributed by atoms with Crippen LogP contribution >= 0.6 is 0 Å². The van der Waals surface area contributed by atoms with Crippen LogP contribution in [0.15, 0.2) is 63.4 Å². The number of hydrogen-bond donors (Lipinski definition) is 8. The first-order chi connectivity index (χ1) is 56.5. The van der Waals surface area contributed by atoms with Gasteiger partial charge in [0.2, 0.25) is 0 Å². The number of aliphatic carboxylic acids is 1. The van der Waals surface area contributed by atoms with E-state index in [1.165, 1.54) is 129 Å². The Morgan fingerprint density at radius 1 is 0.450 bits per heavy atom. The third kappa shape index (κ3) is 15.8. The fourth-order valence-corrected chi connectivity index (χ4v) is 31.8. The third-order valence-electron chi connectivity index (χ3n) is 37.5. The molecule has 0 spiro atoms. The number of nitrogens with two attached hydrogens (primary N) is 1. The first-order valence-corrected chi connectivity index (χ1v) is 46.7. The molecule has 0 unspecified atom stereocenters. The van der Waals surface area contributed by atoms with Crippen molar-refractivity contribution in [3.8, 4) is 5.75 Å². The van der Waals surface area contributed by atoms with Gasteiger partial charge in [-0.25, -0.2) is 24.4 Å². The molecule has 120 heavy (non-hydrogen) atoms. The predicted molar refractivity (Wildman–Crippen MR) is 467 cm³/mol. The van der Waals surface area contributed by atoms with E-state index >= 15 is 0 Å². The summed E-state index contributed by atoms with van der Waals surface area (Å²) in [5, 5.41) is 75.2. The second kappa shape index (κ2) is 35.7. The average Bonchev–Trinajstić information content (AvgIpc) is 1.36. The number of phenols is 1. The van der Waals surface area contributed by atoms with Crippen molar-refractivity contribution in [2.45, 2.75) is 301 Å². The summed E-state index contributed by atoms with van der Waals surface area (Å²) >= 11 is 0. The van der Waals surface area contributed by atoms with Crippen LogP contribution < -0.4 is 5.73 Å². The van der Waals surface area contributed by atoms with Gasteiger partial charge in [-0.05, 0) is 327 Å². The molecule has 12 aliphatic carbocycles. The molecule has 0 aliphatic heterocycles. The number of carbonyl (C=O) groups is 4. The number of carbonyl (C=O) groups excluding carboxylic acids is 3. The molecular weight excluding hydrogens is 1510 g/mol. The number of nitrogens with zero attached hydrogens (tertiary/aromatic N) is 2. The maximum atomic E-state index is 12.2. The zero-order chi connectivity index (χ0) is 85.7. The van der Waals surface area contributed by atoms with E-state index < -0.39 is 23.9 Å². The molecule has 33 atom stereocenters. The molecular formula is C101H151N3O16. The van der Waals surface area contributed by atoms with Gasteiger partial charge in [-0.15, -0.1) is 0 Å². The Kier molecular flexibility index (Phi) is 27.3. The topological polar surface area (TPSA) is 316 Å². The monoisotopic (exact) mass is 1660 g/mol. The summed E-state index contributed by atoms with van der Waals surface area (Å²) in [6, 6.07) is 15.2. The molecule has 0 saturated heterocycles. The van der Waals surface area contributed by atoms with E-state index in [9.17, 15) is 49.8 Å². The maximum Gasteiger partial charge on any atom is 0.340 e. The number of carboxylic acids is 1. The van der Waals surface area contributed by atoms with Crippen LogP contribution in [0.1, 0.15) is 301 Å². The zero-order valence-electron chi connectivity index (χ0n) is 74.7. The lowest BCUT2D eigenvalue weighted by Crippen LogP contribution is -2.62. The molecule has 12 fully saturated rings. The first kappa shape index (κ1) is 91.6. The SMILES string of the molecule is C.CC[C@H]1[C@@H](O)[C@@H]2[C@H](CC[C@]3(C)[C@@H]([C@H](C)CC(=O)O)CC[C@@H]23)[C@@]2(C)CC[C@@H](C)C[C@@H]12.CC[C@H]1[C@@H](O)[C@@H]2[C@H](CC[C@]3(C)[C@@H]([C@H](C)Cc4nc5c(C(=O)OC)cccc5o4)CC[C@@H]23)[C@@]2(C)CC[C@@H](O)C[C@@H]12.CC[C@H]1[C@@H](O)[C@@H]2[C@H](CC[C@]3(C)[C@@H]([C@H](C)Cc4nc5c(C(=O)OC)cccc5o4)CC[C@@H]23)[C@@]2(C)CC[C@@H](O)C[C@@H]12.COC(=O)c1cccc(O)c1N. The molecule has 0 amide bonds. The van der Waals surface area contributed by atoms with Crippen LogP contribution in [0.3, 0.4) is 0 Å². The second-order valence-electron chi connectivity index (χ2n) is 42.5. The Balaban J connectivity index is 0.000000146. The van der Waals surface area contributed by atoms with Crippen molar-refractivity contribution in [3.05, 3.63) is 83.1 Å². The summed E-state index contributed by atoms with van der Waals surface area (Å²) in [6.45, 7) is 31.1. The Hall–Kier alpha value is -6.12. The number of hydrogen-bond acceptors (Lipinski definition) is 18. The van der Waals surface area contributed by atoms with Crippen molar-refractivity contribution in [1.29, 1.82) is 0 Å². The van der Waals surface area contributed by atoms with E-state index in [1.807, 2.05) is 24.3 Å². The van der Waals surface area contributed by atoms with Gasteiger partial charge in [0.15, 0.2) is 22.9 Å². The number of oxazole rings is 2. The minimum atomic E-state index is -0.659. The van der Waals surface area contributed by atoms with Gasteiger partial charge in [-0.1, -0.05) is 141 Å². The molecule has 0 bridgehead atoms. The number of anilines is 1. The number of aliphatic hydroxyl groups excluding tert-OH is 5. The number of methoxy groups -OCH3 is 3. The summed E-state index contributed by atoms with van der Waals surface area (Å²) in [7, 11) is 4.03. The average molecular weight is 1660 g/mol. The highest BCUT2D eigenvalue weighted by molar-refractivity contribution is 6.02. The molecule has 5 aromatic rings. The molecule has 9 N–H and O–H groups in total. The maximum absolute atomic E-state index is 12.2. The Bertz CT molecular complexity index is 4230. The van der Waals surface area contributed by atoms with Crippen LogP contribution in [0.4, 0.5) is 5.69 Å². The number of aromatic hydroxyl groups is 1. The molecule has 2 heterocycles. The van der Waals surface area contributed by atoms with Gasteiger partial charge in [0.05, 0.1) is 74.2 Å². The number of benzene rings is 3. The van der Waals surface area contributed by atoms with Gasteiger partial charge in [0, 0.05) is 19.3 Å². The second-order valence-corrected chi connectivity index (χ2v) is 42.5. The van der Waals surface area contributed by atoms with Crippen LogP contribution in [-0.4, -0.2) is 121 Å². The highest BCUT2D eigenvalue weighted by Gasteiger charge is 2.69. The van der Waals surface area contributed by atoms with Crippen molar-refractivity contribution >= 4 is 51.8 Å². The van der Waals surface area contributed by atoms with Crippen LogP contribution in [0.2, 0.25) is 0 Å². The van der Waals surface area contributed by atoms with Crippen LogP contribution in [0, 0.1) is 163 Å². The molecule has 12 saturated carbocycles. The van der Waals surface area contributed by atoms with E-state index in [-0.39, 0.29) is 99.8 Å². The number of phenolic OH excluding ortho intramolecular Hbond substituents is 1. The molecule has 666 valence electrons. The van der Waals surface area contributed by atoms with E-state index in [0.717, 1.165) is 83.0 Å². The number of nitrogen functional groups attached to an aromatic ring is 1. The summed E-state index contributed by atoms with van der Waals surface area (Å²) in [5.41, 5.74) is 10.4. The number of aliphatic hydroxyl groups is 5. The van der Waals surface area contributed by atoms with Gasteiger partial charge in [-0.2, -0.15) is 0 Å². The van der Waals surface area contributed by atoms with Crippen molar-refractivity contribution in [2.75, 3.05) is 27.1 Å². The standard InChI is InChI=1S/2C33H47NO5.C26H44O3.C8H9NO3.CH4/c2*1-6-20-25-17-19(35)12-14-33(25,4)24-13-15-32(3)22(10-11-23(32)28(24)30(20)36)18(2)16-27-34-29-21(31(37)38-5)8-7-9-26(29)39-27;1-6-17-21-13-15(2)9-11-26(21,5)20-10-12-25(4)18(16(3)14-22(27)28)7-8-19(25)23(20)24(17)29;1-12-8(11)5-3-2-4-6(10)7(5)9;/h2*7-9,18-20,22-25,28,30,35-36H,6,10-17H2,1-5H3;15-21,23-24,29H,6-14H2,1-5H3,(H,27,28);2-4,10H,9H2,1H3;1H4/t2*18-,19-,20-,22-,23+,24+,25+,28+,30-,32-,33-;15-,16-,17-,18-,19+,20+,21+,23+,24-,25-,26-;;/m111../s1. The van der Waals surface area contributed by atoms with E-state index in [4.69, 9.17) is 39.1 Å². The minimum absolute atomic E-state index is 0. The summed E-state index contributed by atoms with van der Waals surface area (Å²) in [6.07, 6.45) is 27.8. The molecule has 17 rings (SSSR count). The number of fused-ring (bicyclic) bond motifs is 17. The number of carboxylic acid groups (broad SMARTS) is 1. The van der Waals surface area contributed by atoms with E-state index in [2.05, 4.69) is 94.7 Å². The van der Waals surface area contributed by atoms with Crippen LogP contribution in [-0.2, 0) is 31.8 Å². The predicted octanol–water partition coefficient (Wildman–Crippen LogP) is 20.2. The summed E-state index contributed by atoms with van der Waals surface area (Å²) in [4.78, 5) is 56.3. The normalized spacial score (nSPS) is 41.3. The van der Waals surface area contributed by atoms with Crippen molar-refractivity contribution in [3.63, 3.8) is 0 Å². The lowest BCUT2D eigenvalue weighted by atomic mass is 9.41. The fraction of sp³-hybridized carbons (Fsp3) is 0.762. The summed E-state index contributed by atoms with van der Waals surface area (Å²) in [5.74, 6) is 9.76. The Labute approximate surface area is 715 Å². The molecule has 19 nitrogen and oxygen atoms in total. The zero-order valence-corrected chi connectivity index (χ0v) is 74.7. The highest BCUT2D eigenvalue weighted by Crippen LogP contribution is 2.74. The summed E-state index contributed by atoms with van der Waals surface area (Å²) < 4.78 is 26.6. The molecule has 2 aromatic heterocycles.